The summed E-state index contributed by atoms with van der Waals surface area (Å²) in [6.45, 7) is 10.8. The number of ketones is 1. The molecule has 2 rings (SSSR count). The largest absolute Gasteiger partial charge is 0.454 e. The number of H-pyrrole nitrogens is 1. The van der Waals surface area contributed by atoms with E-state index in [9.17, 15) is 14.4 Å². The van der Waals surface area contributed by atoms with Gasteiger partial charge < -0.3 is 9.72 Å². The Morgan fingerprint density at radius 1 is 1.10 bits per heavy atom. The molecule has 1 aromatic heterocycles. The Hall–Kier alpha value is -3.20. The van der Waals surface area contributed by atoms with Gasteiger partial charge in [0.1, 0.15) is 11.6 Å². The number of Topliss-reactive ketones (excluding diaryl/α,β-unsaturated/α-hetero) is 1. The fraction of sp³-hybridized carbons (Fsp3) is 0.391. The number of aryl methyl sites for hydroxylation is 4. The summed E-state index contributed by atoms with van der Waals surface area (Å²) in [6.07, 6.45) is -0.538. The summed E-state index contributed by atoms with van der Waals surface area (Å²) in [5.41, 5.74) is 5.06. The molecule has 2 aromatic rings. The second-order valence-electron chi connectivity index (χ2n) is 7.42. The van der Waals surface area contributed by atoms with E-state index in [-0.39, 0.29) is 17.8 Å². The van der Waals surface area contributed by atoms with Crippen LogP contribution in [0.5, 0.6) is 0 Å². The molecular formula is C23H26N2O4. The summed E-state index contributed by atoms with van der Waals surface area (Å²) in [7, 11) is 0. The van der Waals surface area contributed by atoms with Crippen LogP contribution in [0.25, 0.3) is 0 Å². The number of aromatic amines is 1. The molecule has 0 amide bonds. The zero-order valence-corrected chi connectivity index (χ0v) is 17.7. The number of rotatable bonds is 6. The average molecular weight is 394 g/mol. The molecule has 0 fully saturated rings. The van der Waals surface area contributed by atoms with E-state index < -0.39 is 17.6 Å². The highest BCUT2D eigenvalue weighted by molar-refractivity contribution is 6.01. The van der Waals surface area contributed by atoms with Crippen LogP contribution in [0.2, 0.25) is 0 Å². The van der Waals surface area contributed by atoms with Crippen LogP contribution in [0, 0.1) is 45.9 Å². The van der Waals surface area contributed by atoms with Crippen molar-refractivity contribution in [2.45, 2.75) is 60.5 Å². The van der Waals surface area contributed by atoms with Crippen LogP contribution < -0.4 is 5.56 Å². The lowest BCUT2D eigenvalue weighted by Gasteiger charge is -2.16. The number of pyridine rings is 1. The molecule has 0 aliphatic carbocycles. The van der Waals surface area contributed by atoms with Crippen molar-refractivity contribution in [3.8, 4) is 6.07 Å². The normalized spacial score (nSPS) is 11.6. The van der Waals surface area contributed by atoms with Gasteiger partial charge in [0.2, 0.25) is 5.78 Å². The van der Waals surface area contributed by atoms with E-state index in [1.807, 2.05) is 39.0 Å². The summed E-state index contributed by atoms with van der Waals surface area (Å²) in [5.74, 6) is -0.738. The number of aromatic nitrogens is 1. The third-order valence-corrected chi connectivity index (χ3v) is 5.28. The molecule has 0 saturated carbocycles. The number of hydrogen-bond acceptors (Lipinski definition) is 5. The predicted octanol–water partition coefficient (Wildman–Crippen LogP) is 3.54. The topological polar surface area (TPSA) is 100 Å². The van der Waals surface area contributed by atoms with Crippen molar-refractivity contribution in [1.29, 1.82) is 5.26 Å². The van der Waals surface area contributed by atoms with E-state index in [1.54, 1.807) is 20.8 Å². The summed E-state index contributed by atoms with van der Waals surface area (Å²) in [5, 5.41) is 9.14. The average Bonchev–Trinajstić information content (AvgIpc) is 2.63. The minimum absolute atomic E-state index is 0.0438. The third kappa shape index (κ3) is 4.80. The number of nitriles is 1. The van der Waals surface area contributed by atoms with E-state index in [0.29, 0.717) is 23.2 Å². The minimum atomic E-state index is -0.893. The van der Waals surface area contributed by atoms with Gasteiger partial charge >= 0.3 is 5.97 Å². The van der Waals surface area contributed by atoms with E-state index in [2.05, 4.69) is 4.98 Å². The maximum Gasteiger partial charge on any atom is 0.306 e. The molecule has 0 spiro atoms. The molecule has 29 heavy (non-hydrogen) atoms. The number of carbonyl (C=O) groups is 2. The third-order valence-electron chi connectivity index (χ3n) is 5.28. The number of nitrogens with one attached hydrogen (secondary N) is 1. The fourth-order valence-electron chi connectivity index (χ4n) is 3.40. The molecule has 1 atom stereocenters. The number of hydrogen-bond donors (Lipinski definition) is 1. The van der Waals surface area contributed by atoms with Crippen LogP contribution in [0.15, 0.2) is 16.9 Å². The van der Waals surface area contributed by atoms with Crippen molar-refractivity contribution < 1.29 is 14.3 Å². The van der Waals surface area contributed by atoms with Crippen LogP contribution >= 0.6 is 0 Å². The smallest absolute Gasteiger partial charge is 0.306 e. The highest BCUT2D eigenvalue weighted by atomic mass is 16.5. The minimum Gasteiger partial charge on any atom is -0.454 e. The number of carbonyl (C=O) groups excluding carboxylic acids is 2. The van der Waals surface area contributed by atoms with Gasteiger partial charge in [0.05, 0.1) is 0 Å². The summed E-state index contributed by atoms with van der Waals surface area (Å²) < 4.78 is 5.35. The molecule has 0 aliphatic rings. The molecule has 1 aromatic carbocycles. The monoisotopic (exact) mass is 394 g/mol. The second kappa shape index (κ2) is 8.87. The van der Waals surface area contributed by atoms with Gasteiger partial charge in [0.15, 0.2) is 6.10 Å². The lowest BCUT2D eigenvalue weighted by atomic mass is 9.96. The van der Waals surface area contributed by atoms with Crippen LogP contribution in [-0.2, 0) is 16.0 Å². The first-order valence-electron chi connectivity index (χ1n) is 9.50. The summed E-state index contributed by atoms with van der Waals surface area (Å²) >= 11 is 0. The lowest BCUT2D eigenvalue weighted by molar-refractivity contribution is -0.146. The van der Waals surface area contributed by atoms with Crippen LogP contribution in [0.4, 0.5) is 0 Å². The number of esters is 1. The molecule has 0 unspecified atom stereocenters. The Kier molecular flexibility index (Phi) is 6.76. The molecule has 1 N–H and O–H groups in total. The molecule has 0 radical (unpaired) electrons. The molecule has 0 bridgehead atoms. The molecular weight excluding hydrogens is 368 g/mol. The maximum absolute atomic E-state index is 12.7. The van der Waals surface area contributed by atoms with Crippen molar-refractivity contribution in [3.05, 3.63) is 67.1 Å². The second-order valence-corrected chi connectivity index (χ2v) is 7.42. The fourth-order valence-corrected chi connectivity index (χ4v) is 3.40. The molecule has 0 saturated heterocycles. The Bertz CT molecular complexity index is 1070. The number of nitrogens with zero attached hydrogens (tertiary/aromatic N) is 1. The van der Waals surface area contributed by atoms with E-state index in [0.717, 1.165) is 22.3 Å². The first-order valence-corrected chi connectivity index (χ1v) is 9.50. The van der Waals surface area contributed by atoms with Crippen molar-refractivity contribution in [2.24, 2.45) is 0 Å². The zero-order valence-electron chi connectivity index (χ0n) is 17.7. The number of ether oxygens (including phenoxy) is 1. The van der Waals surface area contributed by atoms with Crippen molar-refractivity contribution in [1.82, 2.24) is 4.98 Å². The van der Waals surface area contributed by atoms with Crippen molar-refractivity contribution >= 4 is 11.8 Å². The SMILES string of the molecule is Cc1cc(C)c(C(=O)[C@H](C)OC(=O)CCc2c(C)[nH]c(=O)c(C#N)c2C)cc1C. The van der Waals surface area contributed by atoms with Gasteiger partial charge in [-0.25, -0.2) is 0 Å². The summed E-state index contributed by atoms with van der Waals surface area (Å²) in [4.78, 5) is 39.5. The van der Waals surface area contributed by atoms with Gasteiger partial charge in [-0.2, -0.15) is 5.26 Å². The van der Waals surface area contributed by atoms with Crippen LogP contribution in [0.1, 0.15) is 62.8 Å². The van der Waals surface area contributed by atoms with Crippen LogP contribution in [-0.4, -0.2) is 22.8 Å². The molecule has 1 heterocycles. The molecule has 6 heteroatoms. The predicted molar refractivity (Wildman–Crippen MR) is 110 cm³/mol. The number of benzene rings is 1. The highest BCUT2D eigenvalue weighted by Gasteiger charge is 2.22. The Balaban J connectivity index is 2.09. The Morgan fingerprint density at radius 2 is 1.72 bits per heavy atom. The first-order chi connectivity index (χ1) is 13.6. The van der Waals surface area contributed by atoms with Crippen molar-refractivity contribution in [2.75, 3.05) is 0 Å². The highest BCUT2D eigenvalue weighted by Crippen LogP contribution is 2.19. The summed E-state index contributed by atoms with van der Waals surface area (Å²) in [6, 6.07) is 5.67. The zero-order chi connectivity index (χ0) is 21.9. The van der Waals surface area contributed by atoms with Gasteiger partial charge in [-0.1, -0.05) is 6.07 Å². The van der Waals surface area contributed by atoms with Gasteiger partial charge in [0.25, 0.3) is 5.56 Å². The lowest BCUT2D eigenvalue weighted by Crippen LogP contribution is -2.25. The van der Waals surface area contributed by atoms with Gasteiger partial charge in [-0.15, -0.1) is 0 Å². The molecule has 0 aliphatic heterocycles. The standard InChI is InChI=1S/C23H26N2O4/c1-12-9-14(3)19(10-13(12)2)22(27)17(6)29-21(26)8-7-18-15(4)20(11-24)23(28)25-16(18)5/h9-10,17H,7-8H2,1-6H3,(H,25,28)/t17-/m0/s1. The van der Waals surface area contributed by atoms with Gasteiger partial charge in [-0.3, -0.25) is 14.4 Å². The van der Waals surface area contributed by atoms with Crippen LogP contribution in [0.3, 0.4) is 0 Å². The molecule has 6 nitrogen and oxygen atoms in total. The van der Waals surface area contributed by atoms with Crippen molar-refractivity contribution in [3.63, 3.8) is 0 Å². The van der Waals surface area contributed by atoms with E-state index in [4.69, 9.17) is 10.00 Å². The quantitative estimate of drug-likeness (QED) is 0.597. The molecule has 152 valence electrons. The Morgan fingerprint density at radius 3 is 2.34 bits per heavy atom. The van der Waals surface area contributed by atoms with Gasteiger partial charge in [-0.05, 0) is 81.8 Å². The maximum atomic E-state index is 12.7. The first kappa shape index (κ1) is 22.1. The Labute approximate surface area is 170 Å². The van der Waals surface area contributed by atoms with Gasteiger partial charge in [0, 0.05) is 17.7 Å². The van der Waals surface area contributed by atoms with E-state index in [1.165, 1.54) is 0 Å². The van der Waals surface area contributed by atoms with E-state index >= 15 is 0 Å².